The molecule has 1 rings (SSSR count). The summed E-state index contributed by atoms with van der Waals surface area (Å²) >= 11 is 0. The number of amides is 1. The molecule has 0 spiro atoms. The molecule has 0 aliphatic carbocycles. The zero-order valence-corrected chi connectivity index (χ0v) is 23.3. The van der Waals surface area contributed by atoms with Gasteiger partial charge in [0.2, 0.25) is 5.78 Å². The first-order valence-corrected chi connectivity index (χ1v) is 11.8. The van der Waals surface area contributed by atoms with Crippen molar-refractivity contribution < 1.29 is 33.6 Å². The third-order valence-electron chi connectivity index (χ3n) is 5.38. The van der Waals surface area contributed by atoms with Gasteiger partial charge in [-0.05, 0) is 47.0 Å². The highest BCUT2D eigenvalue weighted by Gasteiger charge is 2.40. The Hall–Kier alpha value is -2.74. The third-order valence-corrected chi connectivity index (χ3v) is 5.38. The first-order valence-electron chi connectivity index (χ1n) is 11.8. The van der Waals surface area contributed by atoms with E-state index in [9.17, 15) is 14.7 Å². The second kappa shape index (κ2) is 11.8. The minimum absolute atomic E-state index is 0.0673. The predicted molar refractivity (Wildman–Crippen MR) is 136 cm³/mol. The first kappa shape index (κ1) is 30.3. The van der Waals surface area contributed by atoms with Gasteiger partial charge in [-0.1, -0.05) is 26.8 Å². The Morgan fingerprint density at radius 2 is 1.34 bits per heavy atom. The summed E-state index contributed by atoms with van der Waals surface area (Å²) in [5.74, 6) is 0.531. The maximum absolute atomic E-state index is 13.8. The van der Waals surface area contributed by atoms with Crippen molar-refractivity contribution in [1.29, 1.82) is 0 Å². The molecule has 1 aromatic carbocycles. The van der Waals surface area contributed by atoms with Gasteiger partial charge in [-0.3, -0.25) is 4.79 Å². The molecule has 0 aromatic heterocycles. The Balaban J connectivity index is 3.60. The Morgan fingerprint density at radius 1 is 0.886 bits per heavy atom. The fourth-order valence-electron chi connectivity index (χ4n) is 3.88. The molecule has 0 aliphatic rings. The molecular formula is C27H43NO7. The third kappa shape index (κ3) is 7.62. The smallest absolute Gasteiger partial charge is 0.411 e. The summed E-state index contributed by atoms with van der Waals surface area (Å²) in [7, 11) is 4.42. The van der Waals surface area contributed by atoms with E-state index in [2.05, 4.69) is 0 Å². The molecule has 0 bridgehead atoms. The number of rotatable bonds is 10. The van der Waals surface area contributed by atoms with Gasteiger partial charge in [0, 0.05) is 29.8 Å². The van der Waals surface area contributed by atoms with Gasteiger partial charge in [-0.15, -0.1) is 0 Å². The number of hydrogen-bond donors (Lipinski definition) is 1. The fourth-order valence-corrected chi connectivity index (χ4v) is 3.88. The minimum Gasteiger partial charge on any atom is -0.496 e. The molecule has 0 saturated heterocycles. The lowest BCUT2D eigenvalue weighted by Crippen LogP contribution is -2.48. The van der Waals surface area contributed by atoms with Gasteiger partial charge in [-0.25, -0.2) is 4.79 Å². The topological polar surface area (TPSA) is 94.5 Å². The van der Waals surface area contributed by atoms with E-state index in [0.29, 0.717) is 17.2 Å². The van der Waals surface area contributed by atoms with Gasteiger partial charge in [0.1, 0.15) is 23.4 Å². The lowest BCUT2D eigenvalue weighted by molar-refractivity contribution is -0.133. The van der Waals surface area contributed by atoms with Crippen LogP contribution in [0.25, 0.3) is 0 Å². The number of nitrogens with zero attached hydrogens (tertiary/aromatic N) is 1. The predicted octanol–water partition coefficient (Wildman–Crippen LogP) is 5.32. The summed E-state index contributed by atoms with van der Waals surface area (Å²) in [6.07, 6.45) is -0.333. The van der Waals surface area contributed by atoms with E-state index in [1.165, 1.54) is 35.2 Å². The molecule has 0 heterocycles. The average Bonchev–Trinajstić information content (AvgIpc) is 2.73. The Morgan fingerprint density at radius 3 is 1.69 bits per heavy atom. The van der Waals surface area contributed by atoms with Crippen LogP contribution < -0.4 is 14.2 Å². The number of benzene rings is 1. The van der Waals surface area contributed by atoms with Crippen LogP contribution in [0.2, 0.25) is 0 Å². The van der Waals surface area contributed by atoms with Crippen LogP contribution in [-0.4, -0.2) is 60.9 Å². The van der Waals surface area contributed by atoms with Crippen molar-refractivity contribution >= 4 is 11.9 Å². The summed E-state index contributed by atoms with van der Waals surface area (Å²) in [5.41, 5.74) is -1.68. The molecule has 198 valence electrons. The summed E-state index contributed by atoms with van der Waals surface area (Å²) in [4.78, 5) is 28.4. The van der Waals surface area contributed by atoms with Crippen LogP contribution in [-0.2, 0) is 9.53 Å². The normalized spacial score (nSPS) is 13.5. The molecular weight excluding hydrogens is 450 g/mol. The molecule has 35 heavy (non-hydrogen) atoms. The molecule has 0 aliphatic heterocycles. The second-order valence-corrected chi connectivity index (χ2v) is 10.6. The van der Waals surface area contributed by atoms with Crippen LogP contribution in [0.15, 0.2) is 23.8 Å². The standard InChI is InChI=1S/C27H43NO7/c1-16(2)28(17(3)4)25(31)35-27(8,9)24(30)19(15-26(5,6)7)23(29)22-20(33-11)13-18(32-10)14-21(22)34-12/h13-17,23,29H,1-12H3/b19-15-. The van der Waals surface area contributed by atoms with Crippen LogP contribution >= 0.6 is 0 Å². The van der Waals surface area contributed by atoms with E-state index in [-0.39, 0.29) is 23.2 Å². The average molecular weight is 494 g/mol. The quantitative estimate of drug-likeness (QED) is 0.441. The number of ether oxygens (including phenoxy) is 4. The molecule has 1 N–H and O–H groups in total. The molecule has 1 amide bonds. The number of Topliss-reactive ketones (excluding diaryl/α,β-unsaturated/α-hetero) is 1. The Bertz CT molecular complexity index is 893. The van der Waals surface area contributed by atoms with Gasteiger partial charge in [-0.2, -0.15) is 0 Å². The van der Waals surface area contributed by atoms with Crippen molar-refractivity contribution in [3.8, 4) is 17.2 Å². The van der Waals surface area contributed by atoms with Crippen LogP contribution in [0.4, 0.5) is 4.79 Å². The van der Waals surface area contributed by atoms with Gasteiger partial charge in [0.15, 0.2) is 5.60 Å². The van der Waals surface area contributed by atoms with E-state index in [1.807, 2.05) is 48.5 Å². The Kier molecular flexibility index (Phi) is 10.2. The van der Waals surface area contributed by atoms with Crippen molar-refractivity contribution in [3.05, 3.63) is 29.3 Å². The van der Waals surface area contributed by atoms with Gasteiger partial charge < -0.3 is 29.0 Å². The SMILES string of the molecule is COc1cc(OC)c(C(O)/C(=C/C(C)(C)C)C(=O)C(C)(C)OC(=O)N(C(C)C)C(C)C)c(OC)c1. The van der Waals surface area contributed by atoms with Crippen molar-refractivity contribution in [2.75, 3.05) is 21.3 Å². The zero-order valence-electron chi connectivity index (χ0n) is 23.3. The summed E-state index contributed by atoms with van der Waals surface area (Å²) in [5, 5.41) is 11.5. The van der Waals surface area contributed by atoms with E-state index >= 15 is 0 Å². The largest absolute Gasteiger partial charge is 0.496 e. The van der Waals surface area contributed by atoms with Crippen molar-refractivity contribution in [1.82, 2.24) is 4.90 Å². The molecule has 1 unspecified atom stereocenters. The van der Waals surface area contributed by atoms with Gasteiger partial charge in [0.25, 0.3) is 0 Å². The fraction of sp³-hybridized carbons (Fsp3) is 0.630. The van der Waals surface area contributed by atoms with E-state index in [4.69, 9.17) is 18.9 Å². The second-order valence-electron chi connectivity index (χ2n) is 10.6. The zero-order chi connectivity index (χ0) is 27.3. The highest BCUT2D eigenvalue weighted by atomic mass is 16.6. The summed E-state index contributed by atoms with van der Waals surface area (Å²) in [6.45, 7) is 16.3. The number of allylic oxidation sites excluding steroid dienone is 1. The number of hydrogen-bond acceptors (Lipinski definition) is 7. The Labute approximate surface area is 210 Å². The maximum atomic E-state index is 13.8. The summed E-state index contributed by atoms with van der Waals surface area (Å²) < 4.78 is 22.0. The highest BCUT2D eigenvalue weighted by molar-refractivity contribution is 6.03. The van der Waals surface area contributed by atoms with Crippen LogP contribution in [0.5, 0.6) is 17.2 Å². The number of aliphatic hydroxyl groups excluding tert-OH is 1. The molecule has 0 radical (unpaired) electrons. The van der Waals surface area contributed by atoms with Crippen LogP contribution in [0.3, 0.4) is 0 Å². The number of methoxy groups -OCH3 is 3. The molecule has 0 saturated carbocycles. The lowest BCUT2D eigenvalue weighted by atomic mass is 9.83. The van der Waals surface area contributed by atoms with E-state index < -0.39 is 29.0 Å². The number of aliphatic hydroxyl groups is 1. The molecule has 8 nitrogen and oxygen atoms in total. The number of carbonyl (C=O) groups excluding carboxylic acids is 2. The van der Waals surface area contributed by atoms with E-state index in [0.717, 1.165) is 0 Å². The number of ketones is 1. The minimum atomic E-state index is -1.55. The molecule has 1 atom stereocenters. The lowest BCUT2D eigenvalue weighted by Gasteiger charge is -2.34. The van der Waals surface area contributed by atoms with Gasteiger partial charge >= 0.3 is 6.09 Å². The molecule has 8 heteroatoms. The maximum Gasteiger partial charge on any atom is 0.411 e. The van der Waals surface area contributed by atoms with Crippen LogP contribution in [0, 0.1) is 5.41 Å². The first-order chi connectivity index (χ1) is 16.0. The van der Waals surface area contributed by atoms with Crippen LogP contribution in [0.1, 0.15) is 74.0 Å². The summed E-state index contributed by atoms with van der Waals surface area (Å²) in [6, 6.07) is 2.98. The van der Waals surface area contributed by atoms with Crippen molar-refractivity contribution in [2.45, 2.75) is 86.1 Å². The number of carbonyl (C=O) groups is 2. The monoisotopic (exact) mass is 493 g/mol. The van der Waals surface area contributed by atoms with Gasteiger partial charge in [0.05, 0.1) is 26.9 Å². The molecule has 1 aromatic rings. The van der Waals surface area contributed by atoms with Crippen molar-refractivity contribution in [2.24, 2.45) is 5.41 Å². The molecule has 0 fully saturated rings. The highest BCUT2D eigenvalue weighted by Crippen LogP contribution is 2.42. The van der Waals surface area contributed by atoms with Crippen molar-refractivity contribution in [3.63, 3.8) is 0 Å². The van der Waals surface area contributed by atoms with E-state index in [1.54, 1.807) is 23.1 Å².